The van der Waals surface area contributed by atoms with E-state index in [1.807, 2.05) is 6.07 Å². The molecule has 5 heteroatoms. The normalized spacial score (nSPS) is 9.92. The van der Waals surface area contributed by atoms with Crippen molar-refractivity contribution in [2.45, 2.75) is 0 Å². The average Bonchev–Trinajstić information content (AvgIpc) is 2.50. The standard InChI is InChI=1S/C7H3N3OS/c8-4-5-3-6(11)9-7-10(5)1-2-12-7/h1-3H. The van der Waals surface area contributed by atoms with Crippen LogP contribution in [0, 0.1) is 11.3 Å². The summed E-state index contributed by atoms with van der Waals surface area (Å²) in [5.41, 5.74) is -0.0414. The fraction of sp³-hybridized carbons (Fsp3) is 0. The lowest BCUT2D eigenvalue weighted by molar-refractivity contribution is 1.08. The van der Waals surface area contributed by atoms with Crippen LogP contribution >= 0.6 is 11.3 Å². The summed E-state index contributed by atoms with van der Waals surface area (Å²) in [5.74, 6) is 0. The lowest BCUT2D eigenvalue weighted by Crippen LogP contribution is -2.08. The average molecular weight is 177 g/mol. The van der Waals surface area contributed by atoms with E-state index in [2.05, 4.69) is 4.98 Å². The van der Waals surface area contributed by atoms with Crippen molar-refractivity contribution >= 4 is 16.3 Å². The van der Waals surface area contributed by atoms with Crippen molar-refractivity contribution in [3.8, 4) is 6.07 Å². The molecule has 0 radical (unpaired) electrons. The van der Waals surface area contributed by atoms with Gasteiger partial charge in [0.05, 0.1) is 0 Å². The highest BCUT2D eigenvalue weighted by Crippen LogP contribution is 2.07. The molecule has 0 aliphatic carbocycles. The molecule has 0 bridgehead atoms. The van der Waals surface area contributed by atoms with Gasteiger partial charge < -0.3 is 0 Å². The van der Waals surface area contributed by atoms with Gasteiger partial charge in [-0.3, -0.25) is 9.20 Å². The fourth-order valence-electron chi connectivity index (χ4n) is 0.935. The second-order valence-corrected chi connectivity index (χ2v) is 3.02. The van der Waals surface area contributed by atoms with Gasteiger partial charge >= 0.3 is 0 Å². The van der Waals surface area contributed by atoms with Crippen molar-refractivity contribution in [3.63, 3.8) is 0 Å². The summed E-state index contributed by atoms with van der Waals surface area (Å²) in [6.45, 7) is 0. The Morgan fingerprint density at radius 2 is 2.50 bits per heavy atom. The summed E-state index contributed by atoms with van der Waals surface area (Å²) >= 11 is 1.33. The predicted octanol–water partition coefficient (Wildman–Crippen LogP) is 0.628. The van der Waals surface area contributed by atoms with Gasteiger partial charge in [0.25, 0.3) is 5.56 Å². The van der Waals surface area contributed by atoms with Crippen molar-refractivity contribution < 1.29 is 0 Å². The quantitative estimate of drug-likeness (QED) is 0.593. The highest BCUT2D eigenvalue weighted by atomic mass is 32.1. The van der Waals surface area contributed by atoms with Gasteiger partial charge in [-0.15, -0.1) is 11.3 Å². The predicted molar refractivity (Wildman–Crippen MR) is 44.1 cm³/mol. The Labute approximate surface area is 71.3 Å². The number of hydrogen-bond donors (Lipinski definition) is 0. The Hall–Kier alpha value is -1.67. The summed E-state index contributed by atoms with van der Waals surface area (Å²) in [4.78, 5) is 15.2. The molecule has 0 aromatic carbocycles. The molecule has 0 aliphatic heterocycles. The topological polar surface area (TPSA) is 58.2 Å². The third kappa shape index (κ3) is 0.898. The number of rotatable bonds is 0. The number of aromatic nitrogens is 2. The molecule has 0 saturated heterocycles. The first-order chi connectivity index (χ1) is 5.81. The van der Waals surface area contributed by atoms with Crippen LogP contribution in [0.15, 0.2) is 22.4 Å². The van der Waals surface area contributed by atoms with E-state index in [0.29, 0.717) is 10.7 Å². The highest BCUT2D eigenvalue weighted by molar-refractivity contribution is 7.15. The molecule has 0 amide bonds. The number of thiazole rings is 1. The molecule has 0 N–H and O–H groups in total. The van der Waals surface area contributed by atoms with Crippen LogP contribution in [-0.2, 0) is 0 Å². The molecule has 0 unspecified atom stereocenters. The van der Waals surface area contributed by atoms with E-state index in [4.69, 9.17) is 5.26 Å². The Kier molecular flexibility index (Phi) is 1.42. The first-order valence-corrected chi connectivity index (χ1v) is 4.06. The summed E-state index contributed by atoms with van der Waals surface area (Å²) in [6.07, 6.45) is 1.71. The Morgan fingerprint density at radius 1 is 1.67 bits per heavy atom. The molecular formula is C7H3N3OS. The summed E-state index contributed by atoms with van der Waals surface area (Å²) in [7, 11) is 0. The molecule has 0 fully saturated rings. The van der Waals surface area contributed by atoms with Crippen molar-refractivity contribution in [3.05, 3.63) is 33.7 Å². The zero-order valence-electron chi connectivity index (χ0n) is 5.89. The first-order valence-electron chi connectivity index (χ1n) is 3.18. The van der Waals surface area contributed by atoms with E-state index in [9.17, 15) is 4.79 Å². The van der Waals surface area contributed by atoms with Crippen LogP contribution in [-0.4, -0.2) is 9.38 Å². The molecule has 2 rings (SSSR count). The van der Waals surface area contributed by atoms with Gasteiger partial charge in [0.15, 0.2) is 4.96 Å². The van der Waals surface area contributed by atoms with Gasteiger partial charge in [0, 0.05) is 17.6 Å². The third-order valence-corrected chi connectivity index (χ3v) is 2.19. The van der Waals surface area contributed by atoms with Crippen LogP contribution in [0.4, 0.5) is 0 Å². The van der Waals surface area contributed by atoms with Gasteiger partial charge in [-0.25, -0.2) is 0 Å². The highest BCUT2D eigenvalue weighted by Gasteiger charge is 2.01. The Balaban J connectivity index is 3.01. The zero-order chi connectivity index (χ0) is 8.55. The van der Waals surface area contributed by atoms with Gasteiger partial charge in [-0.2, -0.15) is 10.2 Å². The molecular weight excluding hydrogens is 174 g/mol. The SMILES string of the molecule is N#Cc1cc(=O)nc2sccn12. The van der Waals surface area contributed by atoms with Crippen LogP contribution in [0.3, 0.4) is 0 Å². The molecule has 0 saturated carbocycles. The first kappa shape index (κ1) is 7.00. The van der Waals surface area contributed by atoms with E-state index in [1.54, 1.807) is 16.0 Å². The second-order valence-electron chi connectivity index (χ2n) is 2.15. The monoisotopic (exact) mass is 177 g/mol. The largest absolute Gasteiger partial charge is 0.283 e. The summed E-state index contributed by atoms with van der Waals surface area (Å²) in [5, 5.41) is 10.4. The minimum absolute atomic E-state index is 0.325. The Morgan fingerprint density at radius 3 is 3.25 bits per heavy atom. The number of fused-ring (bicyclic) bond motifs is 1. The maximum atomic E-state index is 10.9. The molecule has 2 aromatic rings. The summed E-state index contributed by atoms with van der Waals surface area (Å²) in [6, 6.07) is 3.15. The number of nitriles is 1. The van der Waals surface area contributed by atoms with Crippen molar-refractivity contribution in [2.75, 3.05) is 0 Å². The number of hydrogen-bond acceptors (Lipinski definition) is 4. The smallest absolute Gasteiger partial charge is 0.275 e. The lowest BCUT2D eigenvalue weighted by Gasteiger charge is -1.92. The molecule has 0 spiro atoms. The lowest BCUT2D eigenvalue weighted by atomic mass is 10.4. The van der Waals surface area contributed by atoms with Crippen molar-refractivity contribution in [1.82, 2.24) is 9.38 Å². The van der Waals surface area contributed by atoms with E-state index in [0.717, 1.165) is 0 Å². The van der Waals surface area contributed by atoms with E-state index in [-0.39, 0.29) is 5.56 Å². The van der Waals surface area contributed by atoms with Crippen LogP contribution in [0.25, 0.3) is 4.96 Å². The van der Waals surface area contributed by atoms with E-state index >= 15 is 0 Å². The fourth-order valence-corrected chi connectivity index (χ4v) is 1.66. The van der Waals surface area contributed by atoms with Crippen LogP contribution in [0.1, 0.15) is 5.69 Å². The molecule has 2 aromatic heterocycles. The maximum absolute atomic E-state index is 10.9. The van der Waals surface area contributed by atoms with Crippen molar-refractivity contribution in [2.24, 2.45) is 0 Å². The van der Waals surface area contributed by atoms with E-state index in [1.165, 1.54) is 17.4 Å². The van der Waals surface area contributed by atoms with Gasteiger partial charge in [-0.1, -0.05) is 0 Å². The third-order valence-electron chi connectivity index (χ3n) is 1.43. The van der Waals surface area contributed by atoms with Gasteiger partial charge in [-0.05, 0) is 0 Å². The molecule has 0 aliphatic rings. The molecule has 2 heterocycles. The summed E-state index contributed by atoms with van der Waals surface area (Å²) < 4.78 is 1.59. The second kappa shape index (κ2) is 2.43. The van der Waals surface area contributed by atoms with Gasteiger partial charge in [0.2, 0.25) is 0 Å². The number of nitrogens with zero attached hydrogens (tertiary/aromatic N) is 3. The van der Waals surface area contributed by atoms with Crippen LogP contribution in [0.5, 0.6) is 0 Å². The molecule has 58 valence electrons. The Bertz CT molecular complexity index is 519. The maximum Gasteiger partial charge on any atom is 0.275 e. The zero-order valence-corrected chi connectivity index (χ0v) is 6.71. The van der Waals surface area contributed by atoms with Crippen LogP contribution in [0.2, 0.25) is 0 Å². The molecule has 0 atom stereocenters. The molecule has 12 heavy (non-hydrogen) atoms. The molecule has 4 nitrogen and oxygen atoms in total. The van der Waals surface area contributed by atoms with Crippen LogP contribution < -0.4 is 5.56 Å². The van der Waals surface area contributed by atoms with Gasteiger partial charge in [0.1, 0.15) is 11.8 Å². The minimum Gasteiger partial charge on any atom is -0.283 e. The minimum atomic E-state index is -0.367. The van der Waals surface area contributed by atoms with Crippen molar-refractivity contribution in [1.29, 1.82) is 5.26 Å². The van der Waals surface area contributed by atoms with E-state index < -0.39 is 0 Å².